The Bertz CT molecular complexity index is 750. The number of carbonyl (C=O) groups is 2. The molecule has 0 radical (unpaired) electrons. The number of rotatable bonds is 3. The van der Waals surface area contributed by atoms with E-state index >= 15 is 0 Å². The first kappa shape index (κ1) is 16.1. The molecule has 3 rings (SSSR count). The van der Waals surface area contributed by atoms with Gasteiger partial charge >= 0.3 is 5.97 Å². The maximum Gasteiger partial charge on any atom is 0.335 e. The van der Waals surface area contributed by atoms with E-state index in [9.17, 15) is 9.59 Å². The Morgan fingerprint density at radius 1 is 1.12 bits per heavy atom. The molecule has 0 bridgehead atoms. The van der Waals surface area contributed by atoms with Crippen LogP contribution in [0.4, 0.5) is 0 Å². The van der Waals surface area contributed by atoms with Crippen LogP contribution in [0.2, 0.25) is 0 Å². The van der Waals surface area contributed by atoms with Crippen molar-refractivity contribution in [2.75, 3.05) is 13.1 Å². The van der Waals surface area contributed by atoms with Crippen LogP contribution in [0.15, 0.2) is 36.7 Å². The molecule has 1 aromatic heterocycles. The van der Waals surface area contributed by atoms with Crippen molar-refractivity contribution < 1.29 is 14.7 Å². The fraction of sp³-hybridized carbons (Fsp3) is 0.333. The molecule has 0 unspecified atom stereocenters. The van der Waals surface area contributed by atoms with Gasteiger partial charge in [-0.2, -0.15) is 0 Å². The number of nitrogens with zero attached hydrogens (tertiary/aromatic N) is 3. The SMILES string of the molecule is CC(=O)N1CCC(c2cncc(-c3ccc(C(=O)O)cc3)n2)CC1. The van der Waals surface area contributed by atoms with E-state index in [-0.39, 0.29) is 11.5 Å². The van der Waals surface area contributed by atoms with E-state index in [1.807, 2.05) is 4.90 Å². The van der Waals surface area contributed by atoms with Crippen molar-refractivity contribution in [3.05, 3.63) is 47.9 Å². The molecule has 1 N–H and O–H groups in total. The zero-order valence-corrected chi connectivity index (χ0v) is 13.5. The summed E-state index contributed by atoms with van der Waals surface area (Å²) in [5, 5.41) is 8.97. The maximum absolute atomic E-state index is 11.4. The van der Waals surface area contributed by atoms with Gasteiger partial charge in [-0.3, -0.25) is 9.78 Å². The lowest BCUT2D eigenvalue weighted by Crippen LogP contribution is -2.36. The molecular weight excluding hydrogens is 306 g/mol. The summed E-state index contributed by atoms with van der Waals surface area (Å²) in [7, 11) is 0. The van der Waals surface area contributed by atoms with Gasteiger partial charge in [0.25, 0.3) is 0 Å². The van der Waals surface area contributed by atoms with E-state index in [1.54, 1.807) is 43.6 Å². The maximum atomic E-state index is 11.4. The van der Waals surface area contributed by atoms with Crippen LogP contribution in [-0.4, -0.2) is 44.9 Å². The molecule has 124 valence electrons. The Morgan fingerprint density at radius 3 is 2.38 bits per heavy atom. The summed E-state index contributed by atoms with van der Waals surface area (Å²) in [6.45, 7) is 3.10. The Balaban J connectivity index is 1.77. The number of piperidine rings is 1. The number of carboxylic acids is 1. The number of hydrogen-bond acceptors (Lipinski definition) is 4. The van der Waals surface area contributed by atoms with Gasteiger partial charge in [-0.05, 0) is 25.0 Å². The Labute approximate surface area is 140 Å². The molecule has 1 saturated heterocycles. The topological polar surface area (TPSA) is 83.4 Å². The predicted octanol–water partition coefficient (Wildman–Crippen LogP) is 2.57. The van der Waals surface area contributed by atoms with Crippen molar-refractivity contribution in [1.29, 1.82) is 0 Å². The second-order valence-corrected chi connectivity index (χ2v) is 5.99. The molecule has 6 nitrogen and oxygen atoms in total. The monoisotopic (exact) mass is 325 g/mol. The lowest BCUT2D eigenvalue weighted by atomic mass is 9.93. The van der Waals surface area contributed by atoms with E-state index in [2.05, 4.69) is 4.98 Å². The van der Waals surface area contributed by atoms with Crippen molar-refractivity contribution in [1.82, 2.24) is 14.9 Å². The molecule has 1 aliphatic rings. The van der Waals surface area contributed by atoms with Crippen LogP contribution in [-0.2, 0) is 4.79 Å². The first-order valence-corrected chi connectivity index (χ1v) is 7.96. The third-order valence-electron chi connectivity index (χ3n) is 4.44. The molecular formula is C18H19N3O3. The van der Waals surface area contributed by atoms with Gasteiger partial charge in [-0.1, -0.05) is 12.1 Å². The van der Waals surface area contributed by atoms with Crippen LogP contribution in [0.5, 0.6) is 0 Å². The second kappa shape index (κ2) is 6.78. The summed E-state index contributed by atoms with van der Waals surface area (Å²) in [5.74, 6) is -0.531. The standard InChI is InChI=1S/C18H19N3O3/c1-12(22)21-8-6-14(7-9-21)17-11-19-10-16(20-17)13-2-4-15(5-3-13)18(23)24/h2-5,10-11,14H,6-9H2,1H3,(H,23,24). The van der Waals surface area contributed by atoms with E-state index in [4.69, 9.17) is 10.1 Å². The number of benzene rings is 1. The quantitative estimate of drug-likeness (QED) is 0.937. The molecule has 6 heteroatoms. The van der Waals surface area contributed by atoms with Crippen molar-refractivity contribution in [3.63, 3.8) is 0 Å². The fourth-order valence-corrected chi connectivity index (χ4v) is 2.99. The van der Waals surface area contributed by atoms with E-state index < -0.39 is 5.97 Å². The molecule has 0 saturated carbocycles. The molecule has 2 aromatic rings. The number of aromatic carboxylic acids is 1. The highest BCUT2D eigenvalue weighted by Gasteiger charge is 2.23. The molecule has 2 heterocycles. The predicted molar refractivity (Wildman–Crippen MR) is 88.7 cm³/mol. The first-order valence-electron chi connectivity index (χ1n) is 7.96. The van der Waals surface area contributed by atoms with Gasteiger partial charge in [-0.15, -0.1) is 0 Å². The Kier molecular flexibility index (Phi) is 4.55. The lowest BCUT2D eigenvalue weighted by Gasteiger charge is -2.30. The molecule has 1 aromatic carbocycles. The normalized spacial score (nSPS) is 15.3. The minimum atomic E-state index is -0.946. The van der Waals surface area contributed by atoms with Gasteiger partial charge in [-0.25, -0.2) is 9.78 Å². The highest BCUT2D eigenvalue weighted by molar-refractivity contribution is 5.88. The molecule has 1 aliphatic heterocycles. The van der Waals surface area contributed by atoms with Crippen LogP contribution in [0, 0.1) is 0 Å². The molecule has 1 fully saturated rings. The third kappa shape index (κ3) is 3.42. The summed E-state index contributed by atoms with van der Waals surface area (Å²) in [5.41, 5.74) is 2.76. The number of aromatic nitrogens is 2. The van der Waals surface area contributed by atoms with Crippen LogP contribution < -0.4 is 0 Å². The molecule has 0 spiro atoms. The summed E-state index contributed by atoms with van der Waals surface area (Å²) < 4.78 is 0. The highest BCUT2D eigenvalue weighted by atomic mass is 16.4. The van der Waals surface area contributed by atoms with Gasteiger partial charge in [0.05, 0.1) is 23.1 Å². The highest BCUT2D eigenvalue weighted by Crippen LogP contribution is 2.28. The summed E-state index contributed by atoms with van der Waals surface area (Å²) in [6, 6.07) is 6.62. The van der Waals surface area contributed by atoms with Crippen molar-refractivity contribution in [3.8, 4) is 11.3 Å². The van der Waals surface area contributed by atoms with Gasteiger partial charge in [0, 0.05) is 37.7 Å². The lowest BCUT2D eigenvalue weighted by molar-refractivity contribution is -0.129. The van der Waals surface area contributed by atoms with Gasteiger partial charge in [0.15, 0.2) is 0 Å². The number of likely N-dealkylation sites (tertiary alicyclic amines) is 1. The zero-order valence-electron chi connectivity index (χ0n) is 13.5. The Morgan fingerprint density at radius 2 is 1.79 bits per heavy atom. The van der Waals surface area contributed by atoms with E-state index in [1.165, 1.54) is 0 Å². The molecule has 24 heavy (non-hydrogen) atoms. The molecule has 1 amide bonds. The van der Waals surface area contributed by atoms with Crippen LogP contribution >= 0.6 is 0 Å². The van der Waals surface area contributed by atoms with Crippen molar-refractivity contribution in [2.45, 2.75) is 25.7 Å². The number of amides is 1. The summed E-state index contributed by atoms with van der Waals surface area (Å²) in [4.78, 5) is 33.2. The first-order chi connectivity index (χ1) is 11.5. The number of carboxylic acid groups (broad SMARTS) is 1. The van der Waals surface area contributed by atoms with Gasteiger partial charge in [0.1, 0.15) is 0 Å². The Hall–Kier alpha value is -2.76. The van der Waals surface area contributed by atoms with E-state index in [0.29, 0.717) is 5.92 Å². The van der Waals surface area contributed by atoms with Gasteiger partial charge in [0.2, 0.25) is 5.91 Å². The average Bonchev–Trinajstić information content (AvgIpc) is 2.62. The minimum absolute atomic E-state index is 0.117. The zero-order chi connectivity index (χ0) is 17.1. The van der Waals surface area contributed by atoms with E-state index in [0.717, 1.165) is 42.9 Å². The van der Waals surface area contributed by atoms with Crippen molar-refractivity contribution >= 4 is 11.9 Å². The van der Waals surface area contributed by atoms with Crippen LogP contribution in [0.3, 0.4) is 0 Å². The minimum Gasteiger partial charge on any atom is -0.478 e. The molecule has 0 aliphatic carbocycles. The number of hydrogen-bond donors (Lipinski definition) is 1. The van der Waals surface area contributed by atoms with Gasteiger partial charge < -0.3 is 10.0 Å². The smallest absolute Gasteiger partial charge is 0.335 e. The summed E-state index contributed by atoms with van der Waals surface area (Å²) >= 11 is 0. The third-order valence-corrected chi connectivity index (χ3v) is 4.44. The van der Waals surface area contributed by atoms with Crippen molar-refractivity contribution in [2.24, 2.45) is 0 Å². The summed E-state index contributed by atoms with van der Waals surface area (Å²) in [6.07, 6.45) is 5.23. The van der Waals surface area contributed by atoms with Crippen LogP contribution in [0.25, 0.3) is 11.3 Å². The average molecular weight is 325 g/mol. The second-order valence-electron chi connectivity index (χ2n) is 5.99. The fourth-order valence-electron chi connectivity index (χ4n) is 2.99. The number of carbonyl (C=O) groups excluding carboxylic acids is 1. The largest absolute Gasteiger partial charge is 0.478 e. The van der Waals surface area contributed by atoms with Crippen LogP contribution in [0.1, 0.15) is 41.7 Å². The molecule has 0 atom stereocenters.